The maximum atomic E-state index is 12.3. The third-order valence-electron chi connectivity index (χ3n) is 3.46. The average molecular weight is 367 g/mol. The van der Waals surface area contributed by atoms with E-state index < -0.39 is 10.0 Å². The topological polar surface area (TPSA) is 59.1 Å². The van der Waals surface area contributed by atoms with E-state index in [0.29, 0.717) is 10.4 Å². The SMILES string of the molecule is O=S(=O)(NCc1cncc(C2CC2)c1)c1ccccc1Br. The van der Waals surface area contributed by atoms with Gasteiger partial charge in [-0.3, -0.25) is 4.98 Å². The summed E-state index contributed by atoms with van der Waals surface area (Å²) in [5.41, 5.74) is 2.09. The summed E-state index contributed by atoms with van der Waals surface area (Å²) in [7, 11) is -3.53. The summed E-state index contributed by atoms with van der Waals surface area (Å²) in [4.78, 5) is 4.44. The lowest BCUT2D eigenvalue weighted by Crippen LogP contribution is -2.23. The molecule has 1 aliphatic carbocycles. The van der Waals surface area contributed by atoms with Gasteiger partial charge in [0.25, 0.3) is 0 Å². The Morgan fingerprint density at radius 1 is 1.24 bits per heavy atom. The van der Waals surface area contributed by atoms with Gasteiger partial charge >= 0.3 is 0 Å². The van der Waals surface area contributed by atoms with Crippen molar-refractivity contribution in [1.29, 1.82) is 0 Å². The number of aromatic nitrogens is 1. The number of nitrogens with one attached hydrogen (secondary N) is 1. The van der Waals surface area contributed by atoms with Gasteiger partial charge in [-0.1, -0.05) is 18.2 Å². The van der Waals surface area contributed by atoms with E-state index in [1.54, 1.807) is 30.5 Å². The molecule has 3 rings (SSSR count). The average Bonchev–Trinajstić information content (AvgIpc) is 3.31. The Bertz CT molecular complexity index is 758. The van der Waals surface area contributed by atoms with Gasteiger partial charge < -0.3 is 0 Å². The molecule has 0 aliphatic heterocycles. The molecule has 0 spiro atoms. The number of rotatable bonds is 5. The highest BCUT2D eigenvalue weighted by Crippen LogP contribution is 2.39. The zero-order chi connectivity index (χ0) is 14.9. The highest BCUT2D eigenvalue weighted by atomic mass is 79.9. The number of halogens is 1. The minimum atomic E-state index is -3.53. The van der Waals surface area contributed by atoms with Crippen LogP contribution in [0.4, 0.5) is 0 Å². The van der Waals surface area contributed by atoms with Crippen LogP contribution in [0.15, 0.2) is 52.1 Å². The fraction of sp³-hybridized carbons (Fsp3) is 0.267. The monoisotopic (exact) mass is 366 g/mol. The molecule has 21 heavy (non-hydrogen) atoms. The number of hydrogen-bond acceptors (Lipinski definition) is 3. The zero-order valence-electron chi connectivity index (χ0n) is 11.3. The molecule has 2 aromatic rings. The number of pyridine rings is 1. The van der Waals surface area contributed by atoms with Gasteiger partial charge in [0.05, 0.1) is 4.90 Å². The van der Waals surface area contributed by atoms with Gasteiger partial charge in [-0.05, 0) is 57.9 Å². The Hall–Kier alpha value is -1.24. The van der Waals surface area contributed by atoms with Crippen LogP contribution in [0.2, 0.25) is 0 Å². The van der Waals surface area contributed by atoms with Crippen LogP contribution in [0.1, 0.15) is 29.9 Å². The molecule has 0 saturated heterocycles. The molecule has 1 aliphatic rings. The molecule has 1 N–H and O–H groups in total. The van der Waals surface area contributed by atoms with Gasteiger partial charge in [-0.15, -0.1) is 0 Å². The maximum absolute atomic E-state index is 12.3. The Labute approximate surface area is 132 Å². The van der Waals surface area contributed by atoms with Crippen LogP contribution < -0.4 is 4.72 Å². The smallest absolute Gasteiger partial charge is 0.241 e. The molecule has 1 fully saturated rings. The molecule has 0 unspecified atom stereocenters. The van der Waals surface area contributed by atoms with Crippen LogP contribution in [0.3, 0.4) is 0 Å². The predicted octanol–water partition coefficient (Wildman–Crippen LogP) is 3.20. The molecule has 4 nitrogen and oxygen atoms in total. The molecule has 0 atom stereocenters. The van der Waals surface area contributed by atoms with Crippen LogP contribution in [0.5, 0.6) is 0 Å². The quantitative estimate of drug-likeness (QED) is 0.883. The van der Waals surface area contributed by atoms with E-state index in [0.717, 1.165) is 5.56 Å². The summed E-state index contributed by atoms with van der Waals surface area (Å²) >= 11 is 3.27. The van der Waals surface area contributed by atoms with Crippen LogP contribution in [0.25, 0.3) is 0 Å². The van der Waals surface area contributed by atoms with Gasteiger partial charge in [-0.25, -0.2) is 13.1 Å². The van der Waals surface area contributed by atoms with Gasteiger partial charge in [0.2, 0.25) is 10.0 Å². The van der Waals surface area contributed by atoms with Crippen molar-refractivity contribution < 1.29 is 8.42 Å². The van der Waals surface area contributed by atoms with Gasteiger partial charge in [-0.2, -0.15) is 0 Å². The molecule has 110 valence electrons. The summed E-state index contributed by atoms with van der Waals surface area (Å²) in [6.45, 7) is 0.247. The van der Waals surface area contributed by atoms with Crippen LogP contribution >= 0.6 is 15.9 Å². The van der Waals surface area contributed by atoms with Crippen molar-refractivity contribution in [2.24, 2.45) is 0 Å². The van der Waals surface area contributed by atoms with Gasteiger partial charge in [0.1, 0.15) is 0 Å². The van der Waals surface area contributed by atoms with Crippen molar-refractivity contribution in [3.05, 3.63) is 58.3 Å². The molecule has 6 heteroatoms. The Morgan fingerprint density at radius 3 is 2.71 bits per heavy atom. The van der Waals surface area contributed by atoms with Crippen molar-refractivity contribution in [3.8, 4) is 0 Å². The van der Waals surface area contributed by atoms with Crippen molar-refractivity contribution in [3.63, 3.8) is 0 Å². The summed E-state index contributed by atoms with van der Waals surface area (Å²) in [6.07, 6.45) is 5.97. The van der Waals surface area contributed by atoms with E-state index in [2.05, 4.69) is 25.6 Å². The van der Waals surface area contributed by atoms with E-state index in [9.17, 15) is 8.42 Å². The van der Waals surface area contributed by atoms with E-state index in [1.165, 1.54) is 18.4 Å². The highest BCUT2D eigenvalue weighted by molar-refractivity contribution is 9.10. The predicted molar refractivity (Wildman–Crippen MR) is 84.4 cm³/mol. The number of hydrogen-bond donors (Lipinski definition) is 1. The molecule has 1 aromatic heterocycles. The van der Waals surface area contributed by atoms with E-state index in [4.69, 9.17) is 0 Å². The van der Waals surface area contributed by atoms with Crippen molar-refractivity contribution in [2.45, 2.75) is 30.2 Å². The van der Waals surface area contributed by atoms with Crippen LogP contribution in [-0.2, 0) is 16.6 Å². The molecular weight excluding hydrogens is 352 g/mol. The second-order valence-electron chi connectivity index (χ2n) is 5.16. The lowest BCUT2D eigenvalue weighted by Gasteiger charge is -2.09. The summed E-state index contributed by atoms with van der Waals surface area (Å²) < 4.78 is 27.8. The first kappa shape index (κ1) is 14.7. The Kier molecular flexibility index (Phi) is 4.10. The highest BCUT2D eigenvalue weighted by Gasteiger charge is 2.24. The summed E-state index contributed by atoms with van der Waals surface area (Å²) in [6, 6.07) is 8.81. The van der Waals surface area contributed by atoms with Crippen LogP contribution in [0, 0.1) is 0 Å². The second-order valence-corrected chi connectivity index (χ2v) is 7.75. The zero-order valence-corrected chi connectivity index (χ0v) is 13.7. The first-order valence-corrected chi connectivity index (χ1v) is 9.02. The largest absolute Gasteiger partial charge is 0.264 e. The standard InChI is InChI=1S/C15H15BrN2O2S/c16-14-3-1-2-4-15(14)21(19,20)18-9-11-7-13(10-17-8-11)12-5-6-12/h1-4,7-8,10,12,18H,5-6,9H2. The molecule has 0 amide bonds. The second kappa shape index (κ2) is 5.87. The van der Waals surface area contributed by atoms with E-state index >= 15 is 0 Å². The fourth-order valence-corrected chi connectivity index (χ4v) is 4.18. The van der Waals surface area contributed by atoms with Crippen molar-refractivity contribution in [2.75, 3.05) is 0 Å². The summed E-state index contributed by atoms with van der Waals surface area (Å²) in [5, 5.41) is 0. The van der Waals surface area contributed by atoms with Gasteiger partial charge in [0.15, 0.2) is 0 Å². The minimum Gasteiger partial charge on any atom is -0.264 e. The minimum absolute atomic E-state index is 0.247. The Balaban J connectivity index is 1.75. The van der Waals surface area contributed by atoms with E-state index in [-0.39, 0.29) is 11.4 Å². The third-order valence-corrected chi connectivity index (χ3v) is 5.87. The number of sulfonamides is 1. The van der Waals surface area contributed by atoms with Crippen LogP contribution in [-0.4, -0.2) is 13.4 Å². The molecule has 0 radical (unpaired) electrons. The van der Waals surface area contributed by atoms with Gasteiger partial charge in [0, 0.05) is 23.4 Å². The molecule has 1 aromatic carbocycles. The van der Waals surface area contributed by atoms with Crippen molar-refractivity contribution >= 4 is 26.0 Å². The third kappa shape index (κ3) is 3.51. The molecular formula is C15H15BrN2O2S. The summed E-state index contributed by atoms with van der Waals surface area (Å²) in [5.74, 6) is 0.609. The fourth-order valence-electron chi connectivity index (χ4n) is 2.16. The molecule has 0 bridgehead atoms. The number of benzene rings is 1. The first-order chi connectivity index (χ1) is 10.1. The lowest BCUT2D eigenvalue weighted by atomic mass is 10.1. The normalized spacial score (nSPS) is 15.1. The first-order valence-electron chi connectivity index (χ1n) is 6.74. The lowest BCUT2D eigenvalue weighted by molar-refractivity contribution is 0.580. The molecule has 1 heterocycles. The Morgan fingerprint density at radius 2 is 2.00 bits per heavy atom. The molecule has 1 saturated carbocycles. The maximum Gasteiger partial charge on any atom is 0.241 e. The van der Waals surface area contributed by atoms with Crippen molar-refractivity contribution in [1.82, 2.24) is 9.71 Å². The number of nitrogens with zero attached hydrogens (tertiary/aromatic N) is 1. The van der Waals surface area contributed by atoms with E-state index in [1.807, 2.05) is 12.3 Å².